The Morgan fingerprint density at radius 2 is 1.84 bits per heavy atom. The van der Waals surface area contributed by atoms with Crippen molar-refractivity contribution in [1.82, 2.24) is 14.7 Å². The zero-order valence-corrected chi connectivity index (χ0v) is 12.8. The lowest BCUT2D eigenvalue weighted by molar-refractivity contribution is 0.244. The van der Waals surface area contributed by atoms with E-state index in [1.807, 2.05) is 0 Å². The Hall–Kier alpha value is -0.900. The monoisotopic (exact) mass is 261 g/mol. The first-order valence-electron chi connectivity index (χ1n) is 7.24. The van der Waals surface area contributed by atoms with Crippen molar-refractivity contribution in [1.29, 1.82) is 0 Å². The lowest BCUT2D eigenvalue weighted by Gasteiger charge is -2.22. The molecule has 1 heterocycles. The van der Waals surface area contributed by atoms with Gasteiger partial charge in [0.25, 0.3) is 0 Å². The molecule has 0 aliphatic carbocycles. The number of nitrogens with zero attached hydrogens (tertiary/aromatic N) is 3. The van der Waals surface area contributed by atoms with Crippen LogP contribution in [0.3, 0.4) is 0 Å². The molecule has 0 unspecified atom stereocenters. The van der Waals surface area contributed by atoms with Crippen molar-refractivity contribution in [3.05, 3.63) is 34.9 Å². The Morgan fingerprint density at radius 1 is 1.11 bits per heavy atom. The SMILES string of the molecule is CCN(CCN(C)C)Cc1ccc2c(c1)CN(C)C2. The van der Waals surface area contributed by atoms with Crippen molar-refractivity contribution >= 4 is 0 Å². The van der Waals surface area contributed by atoms with Crippen LogP contribution in [0.4, 0.5) is 0 Å². The summed E-state index contributed by atoms with van der Waals surface area (Å²) >= 11 is 0. The van der Waals surface area contributed by atoms with E-state index in [0.29, 0.717) is 0 Å². The Kier molecular flexibility index (Phi) is 4.97. The van der Waals surface area contributed by atoms with Gasteiger partial charge < -0.3 is 4.90 Å². The Bertz CT molecular complexity index is 414. The summed E-state index contributed by atoms with van der Waals surface area (Å²) in [6, 6.07) is 7.02. The first kappa shape index (κ1) is 14.5. The highest BCUT2D eigenvalue weighted by Gasteiger charge is 2.15. The summed E-state index contributed by atoms with van der Waals surface area (Å²) in [5.41, 5.74) is 4.47. The van der Waals surface area contributed by atoms with Crippen LogP contribution in [0.1, 0.15) is 23.6 Å². The normalized spacial score (nSPS) is 15.5. The summed E-state index contributed by atoms with van der Waals surface area (Å²) in [5.74, 6) is 0. The second-order valence-corrected chi connectivity index (χ2v) is 5.95. The zero-order valence-electron chi connectivity index (χ0n) is 12.8. The van der Waals surface area contributed by atoms with Crippen molar-refractivity contribution in [3.63, 3.8) is 0 Å². The minimum Gasteiger partial charge on any atom is -0.308 e. The third-order valence-corrected chi connectivity index (χ3v) is 3.87. The van der Waals surface area contributed by atoms with Crippen molar-refractivity contribution < 1.29 is 0 Å². The van der Waals surface area contributed by atoms with Gasteiger partial charge in [-0.25, -0.2) is 0 Å². The minimum absolute atomic E-state index is 1.07. The minimum atomic E-state index is 1.07. The smallest absolute Gasteiger partial charge is 0.0237 e. The number of hydrogen-bond acceptors (Lipinski definition) is 3. The van der Waals surface area contributed by atoms with E-state index in [2.05, 4.69) is 61.0 Å². The highest BCUT2D eigenvalue weighted by molar-refractivity contribution is 5.34. The van der Waals surface area contributed by atoms with Gasteiger partial charge in [-0.3, -0.25) is 9.80 Å². The van der Waals surface area contributed by atoms with Crippen LogP contribution in [0, 0.1) is 0 Å². The van der Waals surface area contributed by atoms with Gasteiger partial charge in [0.05, 0.1) is 0 Å². The van der Waals surface area contributed by atoms with Crippen molar-refractivity contribution in [2.24, 2.45) is 0 Å². The van der Waals surface area contributed by atoms with Gasteiger partial charge in [0.15, 0.2) is 0 Å². The van der Waals surface area contributed by atoms with E-state index in [-0.39, 0.29) is 0 Å². The molecule has 0 N–H and O–H groups in total. The van der Waals surface area contributed by atoms with Crippen LogP contribution in [0.5, 0.6) is 0 Å². The lowest BCUT2D eigenvalue weighted by atomic mass is 10.1. The van der Waals surface area contributed by atoms with Crippen molar-refractivity contribution in [3.8, 4) is 0 Å². The van der Waals surface area contributed by atoms with E-state index < -0.39 is 0 Å². The third-order valence-electron chi connectivity index (χ3n) is 3.87. The Balaban J connectivity index is 1.96. The highest BCUT2D eigenvalue weighted by atomic mass is 15.2. The van der Waals surface area contributed by atoms with E-state index in [1.54, 1.807) is 0 Å². The molecule has 2 rings (SSSR count). The molecule has 0 saturated heterocycles. The number of fused-ring (bicyclic) bond motifs is 1. The Labute approximate surface area is 117 Å². The molecule has 0 radical (unpaired) electrons. The summed E-state index contributed by atoms with van der Waals surface area (Å²) in [6.07, 6.45) is 0. The maximum Gasteiger partial charge on any atom is 0.0237 e. The predicted octanol–water partition coefficient (Wildman–Crippen LogP) is 2.02. The molecular weight excluding hydrogens is 234 g/mol. The molecule has 0 bridgehead atoms. The number of likely N-dealkylation sites (N-methyl/N-ethyl adjacent to an activating group) is 2. The molecule has 1 aromatic carbocycles. The molecule has 0 amide bonds. The van der Waals surface area contributed by atoms with Crippen molar-refractivity contribution in [2.45, 2.75) is 26.6 Å². The van der Waals surface area contributed by atoms with E-state index in [4.69, 9.17) is 0 Å². The van der Waals surface area contributed by atoms with E-state index in [9.17, 15) is 0 Å². The molecule has 19 heavy (non-hydrogen) atoms. The molecule has 1 aromatic rings. The molecule has 106 valence electrons. The third kappa shape index (κ3) is 4.03. The van der Waals surface area contributed by atoms with E-state index >= 15 is 0 Å². The van der Waals surface area contributed by atoms with Crippen LogP contribution in [-0.2, 0) is 19.6 Å². The molecule has 1 aliphatic heterocycles. The second kappa shape index (κ2) is 6.51. The molecule has 3 nitrogen and oxygen atoms in total. The van der Waals surface area contributed by atoms with Crippen LogP contribution in [-0.4, -0.2) is 55.5 Å². The van der Waals surface area contributed by atoms with E-state index in [0.717, 1.165) is 39.3 Å². The fourth-order valence-corrected chi connectivity index (χ4v) is 2.67. The van der Waals surface area contributed by atoms with Gasteiger partial charge in [-0.15, -0.1) is 0 Å². The zero-order chi connectivity index (χ0) is 13.8. The van der Waals surface area contributed by atoms with Crippen LogP contribution >= 0.6 is 0 Å². The second-order valence-electron chi connectivity index (χ2n) is 5.95. The van der Waals surface area contributed by atoms with Gasteiger partial charge >= 0.3 is 0 Å². The van der Waals surface area contributed by atoms with Gasteiger partial charge in [0.2, 0.25) is 0 Å². The standard InChI is InChI=1S/C16H27N3/c1-5-19(9-8-17(2)3)11-14-6-7-15-12-18(4)13-16(15)10-14/h6-7,10H,5,8-9,11-13H2,1-4H3. The van der Waals surface area contributed by atoms with Gasteiger partial charge in [-0.1, -0.05) is 25.1 Å². The quantitative estimate of drug-likeness (QED) is 0.775. The van der Waals surface area contributed by atoms with Gasteiger partial charge in [-0.2, -0.15) is 0 Å². The van der Waals surface area contributed by atoms with Gasteiger partial charge in [-0.05, 0) is 44.4 Å². The van der Waals surface area contributed by atoms with Crippen LogP contribution in [0.2, 0.25) is 0 Å². The maximum atomic E-state index is 2.51. The van der Waals surface area contributed by atoms with Gasteiger partial charge in [0.1, 0.15) is 0 Å². The maximum absolute atomic E-state index is 2.51. The summed E-state index contributed by atoms with van der Waals surface area (Å²) in [5, 5.41) is 0. The molecule has 0 saturated carbocycles. The average Bonchev–Trinajstić information content (AvgIpc) is 2.73. The van der Waals surface area contributed by atoms with Crippen molar-refractivity contribution in [2.75, 3.05) is 40.8 Å². The number of hydrogen-bond donors (Lipinski definition) is 0. The fourth-order valence-electron chi connectivity index (χ4n) is 2.67. The molecule has 0 atom stereocenters. The fraction of sp³-hybridized carbons (Fsp3) is 0.625. The molecule has 0 fully saturated rings. The van der Waals surface area contributed by atoms with Gasteiger partial charge in [0, 0.05) is 32.7 Å². The molecule has 1 aliphatic rings. The molecule has 3 heteroatoms. The molecule has 0 spiro atoms. The summed E-state index contributed by atoms with van der Waals surface area (Å²) < 4.78 is 0. The summed E-state index contributed by atoms with van der Waals surface area (Å²) in [6.45, 7) is 8.91. The van der Waals surface area contributed by atoms with Crippen LogP contribution in [0.25, 0.3) is 0 Å². The topological polar surface area (TPSA) is 9.72 Å². The largest absolute Gasteiger partial charge is 0.308 e. The predicted molar refractivity (Wildman–Crippen MR) is 81.1 cm³/mol. The lowest BCUT2D eigenvalue weighted by Crippen LogP contribution is -2.31. The van der Waals surface area contributed by atoms with Crippen LogP contribution < -0.4 is 0 Å². The first-order chi connectivity index (χ1) is 9.08. The highest BCUT2D eigenvalue weighted by Crippen LogP contribution is 2.22. The Morgan fingerprint density at radius 3 is 2.53 bits per heavy atom. The summed E-state index contributed by atoms with van der Waals surface area (Å²) in [7, 11) is 6.47. The molecule has 0 aromatic heterocycles. The first-order valence-corrected chi connectivity index (χ1v) is 7.24. The summed E-state index contributed by atoms with van der Waals surface area (Å²) in [4.78, 5) is 7.14. The number of rotatable bonds is 6. The average molecular weight is 261 g/mol. The number of benzene rings is 1. The van der Waals surface area contributed by atoms with E-state index in [1.165, 1.54) is 16.7 Å². The molecular formula is C16H27N3. The van der Waals surface area contributed by atoms with Crippen LogP contribution in [0.15, 0.2) is 18.2 Å².